The molecular formula is C16H20N2O7S. The van der Waals surface area contributed by atoms with Crippen molar-refractivity contribution in [1.29, 1.82) is 0 Å². The van der Waals surface area contributed by atoms with Crippen LogP contribution in [0.1, 0.15) is 26.2 Å². The Hall–Kier alpha value is -2.33. The summed E-state index contributed by atoms with van der Waals surface area (Å²) in [5, 5.41) is 11.1. The summed E-state index contributed by atoms with van der Waals surface area (Å²) in [6.45, 7) is 1.85. The van der Waals surface area contributed by atoms with Crippen LogP contribution in [0.5, 0.6) is 0 Å². The number of sulfonamides is 1. The molecule has 0 aromatic heterocycles. The molecule has 10 heteroatoms. The number of esters is 1. The monoisotopic (exact) mass is 384 g/mol. The smallest absolute Gasteiger partial charge is 0.313 e. The summed E-state index contributed by atoms with van der Waals surface area (Å²) < 4.78 is 31.5. The highest BCUT2D eigenvalue weighted by molar-refractivity contribution is 7.89. The summed E-state index contributed by atoms with van der Waals surface area (Å²) in [7, 11) is -4.12. The molecule has 0 radical (unpaired) electrons. The normalized spacial score (nSPS) is 18.3. The molecule has 0 aliphatic carbocycles. The Balaban J connectivity index is 2.19. The number of nitrogens with zero attached hydrogens (tertiary/aromatic N) is 2. The molecule has 0 bridgehead atoms. The minimum atomic E-state index is -4.12. The van der Waals surface area contributed by atoms with Gasteiger partial charge in [0.1, 0.15) is 12.2 Å². The molecule has 142 valence electrons. The number of carbonyl (C=O) groups excluding carboxylic acids is 2. The van der Waals surface area contributed by atoms with Gasteiger partial charge in [-0.25, -0.2) is 8.42 Å². The standard InChI is InChI=1S/C16H20N2O7S/c1-2-25-16(20)10-14(19)12-6-5-9-17(11-12)26(23,24)15-8-4-3-7-13(15)18(21)22/h3-4,7-8,12H,2,5-6,9-11H2,1H3. The number of ketones is 1. The van der Waals surface area contributed by atoms with Gasteiger partial charge in [0.15, 0.2) is 4.90 Å². The van der Waals surface area contributed by atoms with Crippen LogP contribution in [0.15, 0.2) is 29.2 Å². The Morgan fingerprint density at radius 2 is 2.04 bits per heavy atom. The summed E-state index contributed by atoms with van der Waals surface area (Å²) in [5.74, 6) is -1.66. The topological polar surface area (TPSA) is 124 Å². The van der Waals surface area contributed by atoms with Crippen molar-refractivity contribution in [2.24, 2.45) is 5.92 Å². The first-order valence-corrected chi connectivity index (χ1v) is 9.63. The molecule has 1 atom stereocenters. The Bertz CT molecular complexity index is 807. The van der Waals surface area contributed by atoms with E-state index >= 15 is 0 Å². The molecule has 1 aromatic rings. The Morgan fingerprint density at radius 3 is 2.69 bits per heavy atom. The van der Waals surface area contributed by atoms with Crippen molar-refractivity contribution < 1.29 is 27.7 Å². The van der Waals surface area contributed by atoms with Gasteiger partial charge in [0.25, 0.3) is 5.69 Å². The summed E-state index contributed by atoms with van der Waals surface area (Å²) in [6.07, 6.45) is 0.484. The van der Waals surface area contributed by atoms with E-state index in [1.54, 1.807) is 6.92 Å². The first-order chi connectivity index (χ1) is 12.3. The molecule has 1 unspecified atom stereocenters. The fraction of sp³-hybridized carbons (Fsp3) is 0.500. The molecule has 0 amide bonds. The zero-order chi connectivity index (χ0) is 19.3. The summed E-state index contributed by atoms with van der Waals surface area (Å²) in [6, 6.07) is 5.10. The van der Waals surface area contributed by atoms with Crippen molar-refractivity contribution in [2.75, 3.05) is 19.7 Å². The minimum Gasteiger partial charge on any atom is -0.466 e. The van der Waals surface area contributed by atoms with Crippen molar-refractivity contribution in [3.63, 3.8) is 0 Å². The molecule has 26 heavy (non-hydrogen) atoms. The molecule has 1 aromatic carbocycles. The number of rotatable bonds is 7. The Kier molecular flexibility index (Phi) is 6.43. The SMILES string of the molecule is CCOC(=O)CC(=O)C1CCCN(S(=O)(=O)c2ccccc2[N+](=O)[O-])C1. The van der Waals surface area contributed by atoms with Gasteiger partial charge in [-0.1, -0.05) is 12.1 Å². The van der Waals surface area contributed by atoms with Crippen molar-refractivity contribution in [1.82, 2.24) is 4.31 Å². The van der Waals surface area contributed by atoms with Crippen LogP contribution in [0.3, 0.4) is 0 Å². The lowest BCUT2D eigenvalue weighted by Gasteiger charge is -2.30. The zero-order valence-corrected chi connectivity index (χ0v) is 15.1. The average molecular weight is 384 g/mol. The van der Waals surface area contributed by atoms with E-state index in [1.165, 1.54) is 18.2 Å². The number of Topliss-reactive ketones (excluding diaryl/α,β-unsaturated/α-hetero) is 1. The van der Waals surface area contributed by atoms with Crippen molar-refractivity contribution >= 4 is 27.5 Å². The van der Waals surface area contributed by atoms with Gasteiger partial charge in [-0.05, 0) is 25.8 Å². The van der Waals surface area contributed by atoms with Gasteiger partial charge in [0, 0.05) is 25.1 Å². The first kappa shape index (κ1) is 20.0. The molecule has 0 spiro atoms. The van der Waals surface area contributed by atoms with E-state index in [0.29, 0.717) is 12.8 Å². The molecule has 1 aliphatic heterocycles. The van der Waals surface area contributed by atoms with E-state index in [-0.39, 0.29) is 25.5 Å². The second-order valence-electron chi connectivity index (χ2n) is 5.88. The largest absolute Gasteiger partial charge is 0.466 e. The van der Waals surface area contributed by atoms with E-state index in [0.717, 1.165) is 10.4 Å². The van der Waals surface area contributed by atoms with Crippen LogP contribution >= 0.6 is 0 Å². The lowest BCUT2D eigenvalue weighted by molar-refractivity contribution is -0.387. The third-order valence-electron chi connectivity index (χ3n) is 4.14. The molecule has 1 heterocycles. The number of hydrogen-bond donors (Lipinski definition) is 0. The number of benzene rings is 1. The Labute approximate surface area is 151 Å². The van der Waals surface area contributed by atoms with Crippen LogP contribution in [-0.4, -0.2) is 49.1 Å². The van der Waals surface area contributed by atoms with Gasteiger partial charge < -0.3 is 4.74 Å². The lowest BCUT2D eigenvalue weighted by atomic mass is 9.93. The predicted octanol–water partition coefficient (Wildman–Crippen LogP) is 1.52. The number of piperidine rings is 1. The van der Waals surface area contributed by atoms with Crippen LogP contribution in [0.25, 0.3) is 0 Å². The number of para-hydroxylation sites is 1. The molecule has 1 aliphatic rings. The van der Waals surface area contributed by atoms with Crippen LogP contribution in [0.4, 0.5) is 5.69 Å². The van der Waals surface area contributed by atoms with E-state index in [9.17, 15) is 28.1 Å². The number of ether oxygens (including phenoxy) is 1. The summed E-state index contributed by atoms with van der Waals surface area (Å²) in [4.78, 5) is 33.7. The van der Waals surface area contributed by atoms with Crippen LogP contribution in [0, 0.1) is 16.0 Å². The quantitative estimate of drug-likeness (QED) is 0.302. The van der Waals surface area contributed by atoms with Gasteiger partial charge in [0.05, 0.1) is 11.5 Å². The second-order valence-corrected chi connectivity index (χ2v) is 7.78. The van der Waals surface area contributed by atoms with Crippen LogP contribution in [0.2, 0.25) is 0 Å². The maximum Gasteiger partial charge on any atom is 0.313 e. The Morgan fingerprint density at radius 1 is 1.35 bits per heavy atom. The predicted molar refractivity (Wildman–Crippen MR) is 90.8 cm³/mol. The van der Waals surface area contributed by atoms with Crippen LogP contribution < -0.4 is 0 Å². The molecule has 2 rings (SSSR count). The lowest BCUT2D eigenvalue weighted by Crippen LogP contribution is -2.42. The summed E-state index contributed by atoms with van der Waals surface area (Å²) in [5.41, 5.74) is -0.507. The van der Waals surface area contributed by atoms with E-state index in [2.05, 4.69) is 0 Å². The number of nitro benzene ring substituents is 1. The highest BCUT2D eigenvalue weighted by Crippen LogP contribution is 2.30. The highest BCUT2D eigenvalue weighted by Gasteiger charge is 2.36. The van der Waals surface area contributed by atoms with Crippen molar-refractivity contribution in [2.45, 2.75) is 31.1 Å². The molecule has 1 saturated heterocycles. The number of nitro groups is 1. The third-order valence-corrected chi connectivity index (χ3v) is 6.06. The maximum atomic E-state index is 12.8. The van der Waals surface area contributed by atoms with Crippen LogP contribution in [-0.2, 0) is 24.3 Å². The maximum absolute atomic E-state index is 12.8. The van der Waals surface area contributed by atoms with Gasteiger partial charge in [0.2, 0.25) is 10.0 Å². The van der Waals surface area contributed by atoms with Crippen molar-refractivity contribution in [3.05, 3.63) is 34.4 Å². The molecule has 0 N–H and O–H groups in total. The fourth-order valence-corrected chi connectivity index (χ4v) is 4.57. The van der Waals surface area contributed by atoms with Gasteiger partial charge in [-0.15, -0.1) is 0 Å². The van der Waals surface area contributed by atoms with Gasteiger partial charge in [-0.3, -0.25) is 19.7 Å². The van der Waals surface area contributed by atoms with Gasteiger partial charge in [-0.2, -0.15) is 4.31 Å². The molecule has 0 saturated carbocycles. The van der Waals surface area contributed by atoms with E-state index in [1.807, 2.05) is 0 Å². The van der Waals surface area contributed by atoms with Crippen molar-refractivity contribution in [3.8, 4) is 0 Å². The minimum absolute atomic E-state index is 0.105. The fourth-order valence-electron chi connectivity index (χ4n) is 2.89. The van der Waals surface area contributed by atoms with E-state index in [4.69, 9.17) is 4.74 Å². The first-order valence-electron chi connectivity index (χ1n) is 8.19. The average Bonchev–Trinajstić information content (AvgIpc) is 2.62. The number of carbonyl (C=O) groups is 2. The number of hydrogen-bond acceptors (Lipinski definition) is 7. The molecule has 9 nitrogen and oxygen atoms in total. The summed E-state index contributed by atoms with van der Waals surface area (Å²) >= 11 is 0. The third kappa shape index (κ3) is 4.44. The second kappa shape index (κ2) is 8.37. The zero-order valence-electron chi connectivity index (χ0n) is 14.3. The highest BCUT2D eigenvalue weighted by atomic mass is 32.2. The van der Waals surface area contributed by atoms with Gasteiger partial charge >= 0.3 is 5.97 Å². The van der Waals surface area contributed by atoms with E-state index < -0.39 is 43.8 Å². The molecule has 1 fully saturated rings. The molecular weight excluding hydrogens is 364 g/mol.